The van der Waals surface area contributed by atoms with E-state index >= 15 is 0 Å². The van der Waals surface area contributed by atoms with Gasteiger partial charge in [0.15, 0.2) is 5.96 Å². The van der Waals surface area contributed by atoms with Crippen LogP contribution in [0.2, 0.25) is 0 Å². The minimum Gasteiger partial charge on any atom is -0.377 e. The average Bonchev–Trinajstić information content (AvgIpc) is 2.93. The van der Waals surface area contributed by atoms with Crippen molar-refractivity contribution in [1.82, 2.24) is 5.32 Å². The van der Waals surface area contributed by atoms with Gasteiger partial charge in [-0.2, -0.15) is 0 Å². The van der Waals surface area contributed by atoms with Crippen molar-refractivity contribution in [2.24, 2.45) is 22.1 Å². The molecule has 4 heteroatoms. The first-order chi connectivity index (χ1) is 8.63. The monoisotopic (exact) mass is 251 g/mol. The summed E-state index contributed by atoms with van der Waals surface area (Å²) < 4.78 is 5.95. The van der Waals surface area contributed by atoms with Crippen LogP contribution < -0.4 is 11.1 Å². The summed E-state index contributed by atoms with van der Waals surface area (Å²) in [4.78, 5) is 4.80. The molecule has 18 heavy (non-hydrogen) atoms. The molecule has 1 spiro atoms. The van der Waals surface area contributed by atoms with Gasteiger partial charge in [-0.25, -0.2) is 4.99 Å². The minimum absolute atomic E-state index is 0.324. The normalized spacial score (nSPS) is 37.9. The van der Waals surface area contributed by atoms with Crippen LogP contribution in [0.1, 0.15) is 46.0 Å². The predicted molar refractivity (Wildman–Crippen MR) is 72.4 cm³/mol. The number of ether oxygens (including phenoxy) is 1. The van der Waals surface area contributed by atoms with Gasteiger partial charge in [0.05, 0.1) is 12.1 Å². The van der Waals surface area contributed by atoms with Crippen LogP contribution in [0.15, 0.2) is 4.99 Å². The molecule has 3 aliphatic rings. The summed E-state index contributed by atoms with van der Waals surface area (Å²) in [5, 5.41) is 3.22. The lowest BCUT2D eigenvalue weighted by Crippen LogP contribution is -2.61. The van der Waals surface area contributed by atoms with E-state index in [0.29, 0.717) is 35.5 Å². The molecule has 0 bridgehead atoms. The molecule has 0 aromatic rings. The van der Waals surface area contributed by atoms with Crippen LogP contribution in [-0.2, 0) is 4.74 Å². The molecule has 3 unspecified atom stereocenters. The Labute approximate surface area is 109 Å². The molecule has 4 nitrogen and oxygen atoms in total. The first kappa shape index (κ1) is 12.3. The van der Waals surface area contributed by atoms with Gasteiger partial charge in [-0.05, 0) is 33.1 Å². The second-order valence-corrected chi connectivity index (χ2v) is 6.44. The molecule has 3 fully saturated rings. The van der Waals surface area contributed by atoms with Gasteiger partial charge in [-0.3, -0.25) is 0 Å². The standard InChI is InChI=1S/C14H25N3O/c1-9(2)16-13(15)17-11-10-5-8-18-12(10)14(11)6-3-4-7-14/h9-12H,3-8H2,1-2H3,(H3,15,16,17). The highest BCUT2D eigenvalue weighted by Crippen LogP contribution is 2.61. The van der Waals surface area contributed by atoms with E-state index < -0.39 is 0 Å². The molecule has 0 aromatic carbocycles. The van der Waals surface area contributed by atoms with Gasteiger partial charge in [0, 0.05) is 24.0 Å². The Hall–Kier alpha value is -0.770. The Kier molecular flexibility index (Phi) is 3.00. The van der Waals surface area contributed by atoms with E-state index in [9.17, 15) is 0 Å². The second-order valence-electron chi connectivity index (χ2n) is 6.44. The molecule has 0 aromatic heterocycles. The fraction of sp³-hybridized carbons (Fsp3) is 0.929. The van der Waals surface area contributed by atoms with E-state index in [1.54, 1.807) is 0 Å². The minimum atomic E-state index is 0.324. The quantitative estimate of drug-likeness (QED) is 0.579. The molecule has 0 radical (unpaired) electrons. The third-order valence-electron chi connectivity index (χ3n) is 4.95. The van der Waals surface area contributed by atoms with Crippen molar-refractivity contribution in [1.29, 1.82) is 0 Å². The van der Waals surface area contributed by atoms with Crippen LogP contribution in [-0.4, -0.2) is 30.8 Å². The Morgan fingerprint density at radius 2 is 2.11 bits per heavy atom. The smallest absolute Gasteiger partial charge is 0.189 e. The van der Waals surface area contributed by atoms with Crippen molar-refractivity contribution in [2.75, 3.05) is 6.61 Å². The van der Waals surface area contributed by atoms with Gasteiger partial charge in [-0.1, -0.05) is 12.8 Å². The van der Waals surface area contributed by atoms with Crippen LogP contribution in [0.25, 0.3) is 0 Å². The van der Waals surface area contributed by atoms with E-state index in [1.807, 2.05) is 0 Å². The fourth-order valence-corrected chi connectivity index (χ4v) is 4.32. The van der Waals surface area contributed by atoms with Crippen molar-refractivity contribution in [3.8, 4) is 0 Å². The topological polar surface area (TPSA) is 59.6 Å². The number of hydrogen-bond acceptors (Lipinski definition) is 2. The van der Waals surface area contributed by atoms with Crippen molar-refractivity contribution in [2.45, 2.75) is 64.1 Å². The number of guanidine groups is 1. The lowest BCUT2D eigenvalue weighted by molar-refractivity contribution is -0.117. The summed E-state index contributed by atoms with van der Waals surface area (Å²) in [6.45, 7) is 5.10. The molecular weight excluding hydrogens is 226 g/mol. The van der Waals surface area contributed by atoms with Crippen LogP contribution in [0.4, 0.5) is 0 Å². The first-order valence-electron chi connectivity index (χ1n) is 7.35. The molecule has 1 saturated heterocycles. The molecule has 1 aliphatic heterocycles. The zero-order valence-electron chi connectivity index (χ0n) is 11.5. The lowest BCUT2D eigenvalue weighted by atomic mass is 9.54. The largest absolute Gasteiger partial charge is 0.377 e. The number of nitrogens with one attached hydrogen (secondary N) is 1. The van der Waals surface area contributed by atoms with Crippen LogP contribution in [0, 0.1) is 11.3 Å². The highest BCUT2D eigenvalue weighted by atomic mass is 16.5. The lowest BCUT2D eigenvalue weighted by Gasteiger charge is -2.54. The molecular formula is C14H25N3O. The molecule has 3 rings (SSSR count). The summed E-state index contributed by atoms with van der Waals surface area (Å²) in [6, 6.07) is 0.753. The van der Waals surface area contributed by atoms with E-state index in [0.717, 1.165) is 13.0 Å². The van der Waals surface area contributed by atoms with Crippen molar-refractivity contribution in [3.05, 3.63) is 0 Å². The van der Waals surface area contributed by atoms with Crippen LogP contribution in [0.3, 0.4) is 0 Å². The summed E-state index contributed by atoms with van der Waals surface area (Å²) in [5.41, 5.74) is 6.34. The number of rotatable bonds is 2. The van der Waals surface area contributed by atoms with Gasteiger partial charge in [0.1, 0.15) is 0 Å². The predicted octanol–water partition coefficient (Wildman–Crippen LogP) is 1.65. The van der Waals surface area contributed by atoms with Crippen LogP contribution in [0.5, 0.6) is 0 Å². The number of nitrogens with zero attached hydrogens (tertiary/aromatic N) is 1. The van der Waals surface area contributed by atoms with Gasteiger partial charge >= 0.3 is 0 Å². The summed E-state index contributed by atoms with van der Waals surface area (Å²) in [7, 11) is 0. The zero-order chi connectivity index (χ0) is 12.8. The molecule has 2 aliphatic carbocycles. The molecule has 102 valence electrons. The molecule has 2 saturated carbocycles. The van der Waals surface area contributed by atoms with E-state index in [2.05, 4.69) is 19.2 Å². The Morgan fingerprint density at radius 3 is 2.78 bits per heavy atom. The third-order valence-corrected chi connectivity index (χ3v) is 4.95. The highest BCUT2D eigenvalue weighted by molar-refractivity contribution is 5.78. The molecule has 3 N–H and O–H groups in total. The maximum Gasteiger partial charge on any atom is 0.189 e. The van der Waals surface area contributed by atoms with Crippen molar-refractivity contribution >= 4 is 5.96 Å². The molecule has 3 atom stereocenters. The Bertz CT molecular complexity index is 347. The fourth-order valence-electron chi connectivity index (χ4n) is 4.32. The van der Waals surface area contributed by atoms with E-state index in [4.69, 9.17) is 15.5 Å². The number of aliphatic imine (C=N–C) groups is 1. The second kappa shape index (κ2) is 4.41. The van der Waals surface area contributed by atoms with Crippen molar-refractivity contribution in [3.63, 3.8) is 0 Å². The summed E-state index contributed by atoms with van der Waals surface area (Å²) in [5.74, 6) is 1.24. The first-order valence-corrected chi connectivity index (χ1v) is 7.35. The SMILES string of the molecule is CC(C)NC(N)=NC1C2CCOC2C12CCCC2. The van der Waals surface area contributed by atoms with Gasteiger partial charge < -0.3 is 15.8 Å². The number of fused-ring (bicyclic) bond motifs is 2. The van der Waals surface area contributed by atoms with E-state index in [1.165, 1.54) is 25.7 Å². The zero-order valence-corrected chi connectivity index (χ0v) is 11.5. The van der Waals surface area contributed by atoms with Gasteiger partial charge in [0.2, 0.25) is 0 Å². The number of nitrogens with two attached hydrogens (primary N) is 1. The average molecular weight is 251 g/mol. The Balaban J connectivity index is 1.77. The van der Waals surface area contributed by atoms with Gasteiger partial charge in [-0.15, -0.1) is 0 Å². The maximum atomic E-state index is 6.02. The van der Waals surface area contributed by atoms with Crippen molar-refractivity contribution < 1.29 is 4.74 Å². The third kappa shape index (κ3) is 1.73. The number of hydrogen-bond donors (Lipinski definition) is 2. The van der Waals surface area contributed by atoms with Crippen LogP contribution >= 0.6 is 0 Å². The molecule has 1 heterocycles. The van der Waals surface area contributed by atoms with Gasteiger partial charge in [0.25, 0.3) is 0 Å². The Morgan fingerprint density at radius 1 is 1.39 bits per heavy atom. The molecule has 0 amide bonds. The van der Waals surface area contributed by atoms with E-state index in [-0.39, 0.29) is 0 Å². The summed E-state index contributed by atoms with van der Waals surface area (Å²) in [6.07, 6.45) is 6.84. The summed E-state index contributed by atoms with van der Waals surface area (Å²) >= 11 is 0. The maximum absolute atomic E-state index is 6.02. The highest BCUT2D eigenvalue weighted by Gasteiger charge is 2.65.